The predicted octanol–water partition coefficient (Wildman–Crippen LogP) is 6.14. The van der Waals surface area contributed by atoms with E-state index in [0.29, 0.717) is 16.9 Å². The molecule has 1 amide bonds. The number of hydrogen-bond acceptors (Lipinski definition) is 3. The number of thiophene rings is 1. The molecule has 5 nitrogen and oxygen atoms in total. The Hall–Kier alpha value is -2.58. The Morgan fingerprint density at radius 3 is 2.61 bits per heavy atom. The molecule has 2 aromatic rings. The minimum Gasteiger partial charge on any atom is -0.336 e. The lowest BCUT2D eigenvalue weighted by Crippen LogP contribution is -2.52. The first-order valence-corrected chi connectivity index (χ1v) is 10.7. The number of halogens is 4. The molecule has 1 aromatic carbocycles. The molecule has 0 spiro atoms. The van der Waals surface area contributed by atoms with Crippen molar-refractivity contribution in [2.45, 2.75) is 45.1 Å². The van der Waals surface area contributed by atoms with Gasteiger partial charge in [-0.25, -0.2) is 4.39 Å². The zero-order valence-electron chi connectivity index (χ0n) is 16.9. The molecule has 2 aliphatic rings. The highest BCUT2D eigenvalue weighted by atomic mass is 32.1. The largest absolute Gasteiger partial charge is 0.417 e. The lowest BCUT2D eigenvalue weighted by Gasteiger charge is -2.34. The van der Waals surface area contributed by atoms with E-state index in [0.717, 1.165) is 22.1 Å². The molecule has 4 rings (SSSR count). The van der Waals surface area contributed by atoms with Crippen LogP contribution in [0.3, 0.4) is 0 Å². The van der Waals surface area contributed by atoms with Gasteiger partial charge in [-0.1, -0.05) is 17.2 Å². The number of hydrogen-bond donors (Lipinski definition) is 0. The maximum atomic E-state index is 14.0. The van der Waals surface area contributed by atoms with E-state index in [1.165, 1.54) is 22.3 Å². The SMILES string of the molecule is Cc1c(CN=[N+]=[N-])sc(-c2ccc(C3CC3C(=O)N3CC(F)C3)cc2C(F)(F)F)c1C. The van der Waals surface area contributed by atoms with E-state index in [1.807, 2.05) is 0 Å². The molecule has 164 valence electrons. The Labute approximate surface area is 180 Å². The zero-order chi connectivity index (χ0) is 22.5. The summed E-state index contributed by atoms with van der Waals surface area (Å²) in [7, 11) is 0. The van der Waals surface area contributed by atoms with Crippen molar-refractivity contribution in [1.82, 2.24) is 4.90 Å². The second-order valence-corrected chi connectivity index (χ2v) is 9.19. The number of nitrogens with zero attached hydrogens (tertiary/aromatic N) is 4. The van der Waals surface area contributed by atoms with Crippen molar-refractivity contribution >= 4 is 17.2 Å². The molecule has 2 unspecified atom stereocenters. The van der Waals surface area contributed by atoms with Gasteiger partial charge in [-0.05, 0) is 54.5 Å². The van der Waals surface area contributed by atoms with Gasteiger partial charge in [0.1, 0.15) is 6.17 Å². The summed E-state index contributed by atoms with van der Waals surface area (Å²) < 4.78 is 54.9. The predicted molar refractivity (Wildman–Crippen MR) is 109 cm³/mol. The van der Waals surface area contributed by atoms with Gasteiger partial charge in [-0.2, -0.15) is 13.2 Å². The van der Waals surface area contributed by atoms with E-state index < -0.39 is 17.9 Å². The van der Waals surface area contributed by atoms with Gasteiger partial charge < -0.3 is 4.90 Å². The monoisotopic (exact) mass is 452 g/mol. The van der Waals surface area contributed by atoms with Gasteiger partial charge in [-0.3, -0.25) is 4.79 Å². The summed E-state index contributed by atoms with van der Waals surface area (Å²) in [6, 6.07) is 4.26. The average molecular weight is 452 g/mol. The average Bonchev–Trinajstić information content (AvgIpc) is 3.45. The molecule has 31 heavy (non-hydrogen) atoms. The van der Waals surface area contributed by atoms with Crippen LogP contribution in [-0.2, 0) is 17.5 Å². The van der Waals surface area contributed by atoms with Crippen LogP contribution < -0.4 is 0 Å². The van der Waals surface area contributed by atoms with Gasteiger partial charge in [0.25, 0.3) is 0 Å². The number of carbonyl (C=O) groups excluding carboxylic acids is 1. The summed E-state index contributed by atoms with van der Waals surface area (Å²) >= 11 is 1.20. The van der Waals surface area contributed by atoms with Gasteiger partial charge in [-0.15, -0.1) is 11.3 Å². The molecule has 2 heterocycles. The van der Waals surface area contributed by atoms with Crippen molar-refractivity contribution in [3.05, 3.63) is 55.8 Å². The molecule has 1 saturated carbocycles. The van der Waals surface area contributed by atoms with E-state index in [4.69, 9.17) is 5.53 Å². The summed E-state index contributed by atoms with van der Waals surface area (Å²) in [6.45, 7) is 3.80. The standard InChI is InChI=1S/C21H20F4N4OS/c1-10-11(2)19(31-18(10)7-27-28-26)14-4-3-12(5-17(14)21(23,24)25)15-6-16(15)20(30)29-8-13(22)9-29/h3-5,13,15-16H,6-9H2,1-2H3. The van der Waals surface area contributed by atoms with Gasteiger partial charge in [0.05, 0.1) is 25.2 Å². The second-order valence-electron chi connectivity index (χ2n) is 8.09. The zero-order valence-corrected chi connectivity index (χ0v) is 17.7. The van der Waals surface area contributed by atoms with E-state index in [-0.39, 0.29) is 42.9 Å². The number of rotatable bonds is 5. The third-order valence-electron chi connectivity index (χ3n) is 6.10. The Kier molecular flexibility index (Phi) is 5.47. The minimum atomic E-state index is -4.56. The Bertz CT molecular complexity index is 1080. The van der Waals surface area contributed by atoms with Gasteiger partial charge in [0.15, 0.2) is 0 Å². The fraction of sp³-hybridized carbons (Fsp3) is 0.476. The van der Waals surface area contributed by atoms with Crippen molar-refractivity contribution in [1.29, 1.82) is 0 Å². The Morgan fingerprint density at radius 1 is 1.29 bits per heavy atom. The van der Waals surface area contributed by atoms with Gasteiger partial charge >= 0.3 is 6.18 Å². The van der Waals surface area contributed by atoms with Crippen LogP contribution in [0.4, 0.5) is 17.6 Å². The summed E-state index contributed by atoms with van der Waals surface area (Å²) in [5.41, 5.74) is 9.91. The van der Waals surface area contributed by atoms with E-state index in [2.05, 4.69) is 10.0 Å². The highest BCUT2D eigenvalue weighted by Crippen LogP contribution is 2.51. The molecule has 1 aliphatic heterocycles. The molecule has 1 saturated heterocycles. The summed E-state index contributed by atoms with van der Waals surface area (Å²) in [5.74, 6) is -0.822. The number of azide groups is 1. The summed E-state index contributed by atoms with van der Waals surface area (Å²) in [5, 5.41) is 3.53. The molecule has 1 aliphatic carbocycles. The topological polar surface area (TPSA) is 69.1 Å². The molecule has 2 fully saturated rings. The normalized spacial score (nSPS) is 20.9. The maximum absolute atomic E-state index is 14.0. The molecule has 0 radical (unpaired) electrons. The highest BCUT2D eigenvalue weighted by molar-refractivity contribution is 7.15. The summed E-state index contributed by atoms with van der Waals surface area (Å²) in [4.78, 5) is 17.7. The first-order valence-electron chi connectivity index (χ1n) is 9.86. The molecule has 0 N–H and O–H groups in total. The van der Waals surface area contributed by atoms with E-state index in [1.54, 1.807) is 19.9 Å². The first kappa shape index (κ1) is 21.6. The quantitative estimate of drug-likeness (QED) is 0.232. The molecular weight excluding hydrogens is 432 g/mol. The van der Waals surface area contributed by atoms with Crippen molar-refractivity contribution < 1.29 is 22.4 Å². The lowest BCUT2D eigenvalue weighted by atomic mass is 9.96. The van der Waals surface area contributed by atoms with Crippen LogP contribution in [-0.4, -0.2) is 30.1 Å². The van der Waals surface area contributed by atoms with E-state index >= 15 is 0 Å². The minimum absolute atomic E-state index is 0.0734. The number of benzene rings is 1. The third kappa shape index (κ3) is 4.02. The van der Waals surface area contributed by atoms with Crippen LogP contribution in [0, 0.1) is 19.8 Å². The molecular formula is C21H20F4N4OS. The van der Waals surface area contributed by atoms with Crippen molar-refractivity contribution in [2.24, 2.45) is 11.0 Å². The Balaban J connectivity index is 1.65. The van der Waals surface area contributed by atoms with Crippen LogP contribution in [0.25, 0.3) is 20.9 Å². The van der Waals surface area contributed by atoms with Gasteiger partial charge in [0.2, 0.25) is 5.91 Å². The maximum Gasteiger partial charge on any atom is 0.417 e. The highest BCUT2D eigenvalue weighted by Gasteiger charge is 2.48. The van der Waals surface area contributed by atoms with Crippen molar-refractivity contribution in [3.63, 3.8) is 0 Å². The first-order chi connectivity index (χ1) is 14.6. The second kappa shape index (κ2) is 7.84. The molecule has 0 bridgehead atoms. The summed E-state index contributed by atoms with van der Waals surface area (Å²) in [6.07, 6.45) is -5.08. The smallest absolute Gasteiger partial charge is 0.336 e. The molecule has 10 heteroatoms. The Morgan fingerprint density at radius 2 is 2.00 bits per heavy atom. The molecule has 2 atom stereocenters. The van der Waals surface area contributed by atoms with Crippen LogP contribution in [0.5, 0.6) is 0 Å². The van der Waals surface area contributed by atoms with Crippen LogP contribution in [0.2, 0.25) is 0 Å². The van der Waals surface area contributed by atoms with Crippen LogP contribution in [0.1, 0.15) is 39.5 Å². The fourth-order valence-corrected chi connectivity index (χ4v) is 5.33. The fourth-order valence-electron chi connectivity index (χ4n) is 4.06. The van der Waals surface area contributed by atoms with Gasteiger partial charge in [0, 0.05) is 26.1 Å². The number of alkyl halides is 4. The van der Waals surface area contributed by atoms with Crippen LogP contribution in [0.15, 0.2) is 23.3 Å². The number of amides is 1. The number of likely N-dealkylation sites (tertiary alicyclic amines) is 1. The number of carbonyl (C=O) groups is 1. The lowest BCUT2D eigenvalue weighted by molar-refractivity contribution is -0.139. The van der Waals surface area contributed by atoms with Crippen molar-refractivity contribution in [3.8, 4) is 10.4 Å². The molecule has 1 aromatic heterocycles. The van der Waals surface area contributed by atoms with Crippen molar-refractivity contribution in [2.75, 3.05) is 13.1 Å². The third-order valence-corrected chi connectivity index (χ3v) is 7.51. The van der Waals surface area contributed by atoms with Crippen LogP contribution >= 0.6 is 11.3 Å². The van der Waals surface area contributed by atoms with E-state index in [9.17, 15) is 22.4 Å².